The third kappa shape index (κ3) is 6.10. The Labute approximate surface area is 212 Å². The summed E-state index contributed by atoms with van der Waals surface area (Å²) in [6.07, 6.45) is -1.32. The standard InChI is InChI=1S/C27H29FN2O5S/c28-20-9-7-18(8-10-20)22-5-3-13-30(22)27(35)25(33)24(32)26(34)29-12-11-21-15-17(16-36-21)14-19-4-1-2-6-23(19)31/h1-2,4,6-10,15-16,22,24-25,31-33H,3,5,11-14H2,(H,29,34)/t22?,24-,25-/m1/s1. The van der Waals surface area contributed by atoms with Gasteiger partial charge in [-0.2, -0.15) is 0 Å². The molecule has 7 nitrogen and oxygen atoms in total. The summed E-state index contributed by atoms with van der Waals surface area (Å²) < 4.78 is 13.3. The molecule has 3 atom stereocenters. The first-order valence-corrected chi connectivity index (χ1v) is 12.7. The average molecular weight is 513 g/mol. The Balaban J connectivity index is 1.27. The molecule has 1 aliphatic heterocycles. The Morgan fingerprint density at radius 3 is 2.61 bits per heavy atom. The van der Waals surface area contributed by atoms with Crippen LogP contribution < -0.4 is 5.32 Å². The van der Waals surface area contributed by atoms with Gasteiger partial charge in [-0.15, -0.1) is 11.3 Å². The summed E-state index contributed by atoms with van der Waals surface area (Å²) in [5.74, 6) is -1.68. The van der Waals surface area contributed by atoms with Gasteiger partial charge >= 0.3 is 0 Å². The molecule has 2 heterocycles. The van der Waals surface area contributed by atoms with E-state index in [9.17, 15) is 29.3 Å². The predicted octanol–water partition coefficient (Wildman–Crippen LogP) is 2.93. The number of likely N-dealkylation sites (tertiary alicyclic amines) is 1. The van der Waals surface area contributed by atoms with Crippen LogP contribution >= 0.6 is 11.3 Å². The number of thiophene rings is 1. The summed E-state index contributed by atoms with van der Waals surface area (Å²) in [6, 6.07) is 14.6. The minimum absolute atomic E-state index is 0.231. The SMILES string of the molecule is O=C(NCCc1cc(Cc2ccccc2O)cs1)[C@H](O)[C@@H](O)C(=O)N1CCCC1c1ccc(F)cc1. The van der Waals surface area contributed by atoms with Gasteiger partial charge in [-0.1, -0.05) is 30.3 Å². The Bertz CT molecular complexity index is 1200. The maximum Gasteiger partial charge on any atom is 0.255 e. The molecule has 0 spiro atoms. The molecule has 0 radical (unpaired) electrons. The van der Waals surface area contributed by atoms with E-state index in [-0.39, 0.29) is 24.2 Å². The predicted molar refractivity (Wildman–Crippen MR) is 134 cm³/mol. The summed E-state index contributed by atoms with van der Waals surface area (Å²) in [4.78, 5) is 27.7. The summed E-state index contributed by atoms with van der Waals surface area (Å²) in [6.45, 7) is 0.614. The summed E-state index contributed by atoms with van der Waals surface area (Å²) in [5.41, 5.74) is 2.62. The lowest BCUT2D eigenvalue weighted by molar-refractivity contribution is -0.153. The molecule has 1 aromatic heterocycles. The Morgan fingerprint density at radius 1 is 1.11 bits per heavy atom. The van der Waals surface area contributed by atoms with Gasteiger partial charge in [0.1, 0.15) is 11.6 Å². The van der Waals surface area contributed by atoms with Crippen LogP contribution in [-0.2, 0) is 22.4 Å². The van der Waals surface area contributed by atoms with Gasteiger partial charge in [0.15, 0.2) is 12.2 Å². The van der Waals surface area contributed by atoms with Crippen LogP contribution in [0.3, 0.4) is 0 Å². The first-order chi connectivity index (χ1) is 17.3. The van der Waals surface area contributed by atoms with E-state index >= 15 is 0 Å². The summed E-state index contributed by atoms with van der Waals surface area (Å²) >= 11 is 1.53. The lowest BCUT2D eigenvalue weighted by atomic mass is 10.0. The zero-order chi connectivity index (χ0) is 25.7. The number of aromatic hydroxyl groups is 1. The number of benzene rings is 2. The van der Waals surface area contributed by atoms with Crippen molar-refractivity contribution in [1.82, 2.24) is 10.2 Å². The number of nitrogens with one attached hydrogen (secondary N) is 1. The maximum absolute atomic E-state index is 13.3. The average Bonchev–Trinajstić information content (AvgIpc) is 3.54. The van der Waals surface area contributed by atoms with Crippen LogP contribution in [0.25, 0.3) is 0 Å². The molecule has 4 N–H and O–H groups in total. The number of phenols is 1. The Kier molecular flexibility index (Phi) is 8.35. The molecular formula is C27H29FN2O5S. The van der Waals surface area contributed by atoms with Crippen molar-refractivity contribution in [2.24, 2.45) is 0 Å². The highest BCUT2D eigenvalue weighted by Gasteiger charge is 2.38. The van der Waals surface area contributed by atoms with E-state index < -0.39 is 24.0 Å². The van der Waals surface area contributed by atoms with Crippen molar-refractivity contribution in [1.29, 1.82) is 0 Å². The fourth-order valence-corrected chi connectivity index (χ4v) is 5.35. The van der Waals surface area contributed by atoms with E-state index in [2.05, 4.69) is 5.32 Å². The number of para-hydroxylation sites is 1. The second-order valence-electron chi connectivity index (χ2n) is 8.90. The Hall–Kier alpha value is -3.27. The monoisotopic (exact) mass is 512 g/mol. The quantitative estimate of drug-likeness (QED) is 0.353. The molecule has 1 aliphatic rings. The normalized spacial score (nSPS) is 17.1. The van der Waals surface area contributed by atoms with E-state index in [1.54, 1.807) is 24.3 Å². The van der Waals surface area contributed by atoms with Crippen molar-refractivity contribution >= 4 is 23.2 Å². The van der Waals surface area contributed by atoms with Crippen molar-refractivity contribution in [2.45, 2.75) is 43.9 Å². The van der Waals surface area contributed by atoms with Crippen LogP contribution in [-0.4, -0.2) is 57.3 Å². The number of carbonyl (C=O) groups excluding carboxylic acids is 2. The molecule has 0 saturated carbocycles. The fourth-order valence-electron chi connectivity index (χ4n) is 4.45. The lowest BCUT2D eigenvalue weighted by Gasteiger charge is -2.28. The first-order valence-electron chi connectivity index (χ1n) is 11.9. The zero-order valence-corrected chi connectivity index (χ0v) is 20.5. The van der Waals surface area contributed by atoms with E-state index in [1.165, 1.54) is 28.4 Å². The second-order valence-corrected chi connectivity index (χ2v) is 9.89. The minimum Gasteiger partial charge on any atom is -0.508 e. The van der Waals surface area contributed by atoms with Crippen LogP contribution in [0, 0.1) is 5.82 Å². The number of phenolic OH excluding ortho intramolecular Hbond substituents is 1. The highest BCUT2D eigenvalue weighted by molar-refractivity contribution is 7.10. The number of amides is 2. The van der Waals surface area contributed by atoms with Crippen molar-refractivity contribution in [3.05, 3.63) is 87.4 Å². The number of nitrogens with zero attached hydrogens (tertiary/aromatic N) is 1. The molecular weight excluding hydrogens is 483 g/mol. The van der Waals surface area contributed by atoms with Crippen molar-refractivity contribution in [3.63, 3.8) is 0 Å². The molecule has 9 heteroatoms. The maximum atomic E-state index is 13.3. The van der Waals surface area contributed by atoms with Gasteiger partial charge in [0.05, 0.1) is 6.04 Å². The second kappa shape index (κ2) is 11.6. The van der Waals surface area contributed by atoms with Gasteiger partial charge < -0.3 is 25.5 Å². The number of halogens is 1. The number of hydrogen-bond acceptors (Lipinski definition) is 6. The molecule has 3 aromatic rings. The largest absolute Gasteiger partial charge is 0.508 e. The van der Waals surface area contributed by atoms with Crippen LogP contribution in [0.5, 0.6) is 5.75 Å². The van der Waals surface area contributed by atoms with Gasteiger partial charge in [-0.05, 0) is 65.6 Å². The van der Waals surface area contributed by atoms with E-state index in [0.717, 1.165) is 21.6 Å². The molecule has 1 fully saturated rings. The van der Waals surface area contributed by atoms with Gasteiger partial charge in [0.2, 0.25) is 0 Å². The highest BCUT2D eigenvalue weighted by atomic mass is 32.1. The van der Waals surface area contributed by atoms with Crippen LogP contribution in [0.2, 0.25) is 0 Å². The number of carbonyl (C=O) groups is 2. The van der Waals surface area contributed by atoms with E-state index in [0.29, 0.717) is 32.2 Å². The van der Waals surface area contributed by atoms with E-state index in [4.69, 9.17) is 0 Å². The van der Waals surface area contributed by atoms with Gasteiger partial charge in [0.25, 0.3) is 11.8 Å². The van der Waals surface area contributed by atoms with Crippen LogP contribution in [0.1, 0.15) is 40.5 Å². The number of rotatable bonds is 9. The molecule has 36 heavy (non-hydrogen) atoms. The lowest BCUT2D eigenvalue weighted by Crippen LogP contribution is -2.50. The molecule has 1 saturated heterocycles. The van der Waals surface area contributed by atoms with Crippen molar-refractivity contribution in [3.8, 4) is 5.75 Å². The smallest absolute Gasteiger partial charge is 0.255 e. The Morgan fingerprint density at radius 2 is 1.86 bits per heavy atom. The molecule has 0 aliphatic carbocycles. The third-order valence-electron chi connectivity index (χ3n) is 6.38. The highest BCUT2D eigenvalue weighted by Crippen LogP contribution is 2.32. The molecule has 0 bridgehead atoms. The molecule has 2 amide bonds. The zero-order valence-electron chi connectivity index (χ0n) is 19.6. The van der Waals surface area contributed by atoms with Crippen molar-refractivity contribution in [2.75, 3.05) is 13.1 Å². The minimum atomic E-state index is -1.90. The van der Waals surface area contributed by atoms with Gasteiger partial charge in [0, 0.05) is 24.4 Å². The number of aliphatic hydroxyl groups excluding tert-OH is 2. The van der Waals surface area contributed by atoms with E-state index in [1.807, 2.05) is 23.6 Å². The first kappa shape index (κ1) is 25.8. The summed E-state index contributed by atoms with van der Waals surface area (Å²) in [5, 5.41) is 35.3. The molecule has 1 unspecified atom stereocenters. The topological polar surface area (TPSA) is 110 Å². The fraction of sp³-hybridized carbons (Fsp3) is 0.333. The molecule has 4 rings (SSSR count). The number of hydrogen-bond donors (Lipinski definition) is 4. The molecule has 2 aromatic carbocycles. The summed E-state index contributed by atoms with van der Waals surface area (Å²) in [7, 11) is 0. The third-order valence-corrected chi connectivity index (χ3v) is 7.42. The number of aliphatic hydroxyl groups is 2. The van der Waals surface area contributed by atoms with Crippen LogP contribution in [0.15, 0.2) is 60.0 Å². The van der Waals surface area contributed by atoms with Crippen molar-refractivity contribution < 1.29 is 29.3 Å². The molecule has 190 valence electrons. The van der Waals surface area contributed by atoms with Crippen LogP contribution in [0.4, 0.5) is 4.39 Å². The van der Waals surface area contributed by atoms with Gasteiger partial charge in [-0.3, -0.25) is 9.59 Å². The van der Waals surface area contributed by atoms with Gasteiger partial charge in [-0.25, -0.2) is 4.39 Å².